The number of carbonyl (C=O) groups is 1. The highest BCUT2D eigenvalue weighted by molar-refractivity contribution is 5.94. The zero-order valence-corrected chi connectivity index (χ0v) is 16.1. The van der Waals surface area contributed by atoms with Gasteiger partial charge in [0.05, 0.1) is 18.3 Å². The average molecular weight is 379 g/mol. The van der Waals surface area contributed by atoms with E-state index in [2.05, 4.69) is 4.98 Å². The highest BCUT2D eigenvalue weighted by Crippen LogP contribution is 2.18. The van der Waals surface area contributed by atoms with Crippen molar-refractivity contribution in [2.24, 2.45) is 0 Å². The number of aryl methyl sites for hydroxylation is 1. The number of imidazole rings is 1. The number of amides is 1. The van der Waals surface area contributed by atoms with Crippen LogP contribution in [0.4, 0.5) is 0 Å². The Kier molecular flexibility index (Phi) is 5.58. The number of aromatic nitrogens is 2. The summed E-state index contributed by atoms with van der Waals surface area (Å²) >= 11 is 0. The largest absolute Gasteiger partial charge is 0.492 e. The summed E-state index contributed by atoms with van der Waals surface area (Å²) in [6.45, 7) is 4.17. The first-order valence-corrected chi connectivity index (χ1v) is 9.75. The normalized spacial score (nSPS) is 16.4. The molecule has 6 heteroatoms. The molecule has 0 spiro atoms. The lowest BCUT2D eigenvalue weighted by atomic mass is 10.2. The van der Waals surface area contributed by atoms with Gasteiger partial charge in [0, 0.05) is 19.3 Å². The van der Waals surface area contributed by atoms with Crippen molar-refractivity contribution in [2.75, 3.05) is 26.3 Å². The van der Waals surface area contributed by atoms with Crippen LogP contribution < -0.4 is 4.74 Å². The van der Waals surface area contributed by atoms with Crippen molar-refractivity contribution in [2.45, 2.75) is 25.9 Å². The fourth-order valence-corrected chi connectivity index (χ4v) is 3.57. The van der Waals surface area contributed by atoms with E-state index in [-0.39, 0.29) is 12.0 Å². The minimum absolute atomic E-state index is 0.0756. The van der Waals surface area contributed by atoms with Gasteiger partial charge in [-0.2, -0.15) is 0 Å². The van der Waals surface area contributed by atoms with Crippen molar-refractivity contribution in [3.05, 3.63) is 66.1 Å². The first-order chi connectivity index (χ1) is 13.7. The van der Waals surface area contributed by atoms with Gasteiger partial charge < -0.3 is 18.8 Å². The van der Waals surface area contributed by atoms with E-state index in [1.54, 1.807) is 0 Å². The Bertz CT molecular complexity index is 933. The van der Waals surface area contributed by atoms with Crippen LogP contribution >= 0.6 is 0 Å². The van der Waals surface area contributed by atoms with Crippen LogP contribution in [0.1, 0.15) is 29.0 Å². The lowest BCUT2D eigenvalue weighted by Gasteiger charge is -2.25. The summed E-state index contributed by atoms with van der Waals surface area (Å²) < 4.78 is 13.5. The number of hydrogen-bond donors (Lipinski definition) is 0. The molecule has 0 aliphatic carbocycles. The molecule has 1 saturated heterocycles. The fraction of sp³-hybridized carbons (Fsp3) is 0.364. The van der Waals surface area contributed by atoms with Gasteiger partial charge in [-0.05, 0) is 44.0 Å². The third kappa shape index (κ3) is 4.02. The molecule has 146 valence electrons. The van der Waals surface area contributed by atoms with Gasteiger partial charge in [0.25, 0.3) is 5.91 Å². The Morgan fingerprint density at radius 2 is 2.07 bits per heavy atom. The van der Waals surface area contributed by atoms with Crippen LogP contribution in [0.25, 0.3) is 5.65 Å². The molecule has 1 atom stereocenters. The Morgan fingerprint density at radius 1 is 1.25 bits per heavy atom. The predicted molar refractivity (Wildman–Crippen MR) is 107 cm³/mol. The second-order valence-corrected chi connectivity index (χ2v) is 7.02. The number of ether oxygens (including phenoxy) is 2. The van der Waals surface area contributed by atoms with Crippen LogP contribution in [0.5, 0.6) is 5.75 Å². The SMILES string of the molecule is Cc1c(C(=O)N(CCOc2ccccc2)CC2CCCO2)nc2ccccn12. The van der Waals surface area contributed by atoms with Gasteiger partial charge in [0.1, 0.15) is 23.7 Å². The van der Waals surface area contributed by atoms with E-state index in [0.29, 0.717) is 25.4 Å². The van der Waals surface area contributed by atoms with Gasteiger partial charge >= 0.3 is 0 Å². The van der Waals surface area contributed by atoms with Crippen molar-refractivity contribution >= 4 is 11.6 Å². The van der Waals surface area contributed by atoms with Crippen molar-refractivity contribution < 1.29 is 14.3 Å². The zero-order valence-electron chi connectivity index (χ0n) is 16.1. The van der Waals surface area contributed by atoms with Gasteiger partial charge in [-0.3, -0.25) is 4.79 Å². The van der Waals surface area contributed by atoms with Crippen molar-refractivity contribution in [3.63, 3.8) is 0 Å². The maximum absolute atomic E-state index is 13.3. The first kappa shape index (κ1) is 18.5. The quantitative estimate of drug-likeness (QED) is 0.632. The third-order valence-electron chi connectivity index (χ3n) is 5.08. The number of rotatable bonds is 7. The Hall–Kier alpha value is -2.86. The molecule has 0 radical (unpaired) electrons. The van der Waals surface area contributed by atoms with Crippen LogP contribution in [0.15, 0.2) is 54.7 Å². The molecule has 1 aromatic carbocycles. The number of hydrogen-bond acceptors (Lipinski definition) is 4. The molecular weight excluding hydrogens is 354 g/mol. The van der Waals surface area contributed by atoms with Crippen molar-refractivity contribution in [1.29, 1.82) is 0 Å². The molecule has 1 amide bonds. The van der Waals surface area contributed by atoms with E-state index in [4.69, 9.17) is 9.47 Å². The second kappa shape index (κ2) is 8.44. The Balaban J connectivity index is 1.51. The molecular formula is C22H25N3O3. The van der Waals surface area contributed by atoms with Crippen LogP contribution in [-0.4, -0.2) is 52.6 Å². The molecule has 28 heavy (non-hydrogen) atoms. The Morgan fingerprint density at radius 3 is 2.82 bits per heavy atom. The molecule has 2 aromatic heterocycles. The molecule has 3 aromatic rings. The smallest absolute Gasteiger partial charge is 0.274 e. The number of para-hydroxylation sites is 1. The van der Waals surface area contributed by atoms with Gasteiger partial charge in [0.15, 0.2) is 0 Å². The lowest BCUT2D eigenvalue weighted by molar-refractivity contribution is 0.0489. The maximum Gasteiger partial charge on any atom is 0.274 e. The zero-order chi connectivity index (χ0) is 19.3. The fourth-order valence-electron chi connectivity index (χ4n) is 3.57. The number of pyridine rings is 1. The Labute approximate surface area is 164 Å². The number of fused-ring (bicyclic) bond motifs is 1. The topological polar surface area (TPSA) is 56.1 Å². The molecule has 1 fully saturated rings. The van der Waals surface area contributed by atoms with Gasteiger partial charge in [-0.1, -0.05) is 24.3 Å². The summed E-state index contributed by atoms with van der Waals surface area (Å²) in [6.07, 6.45) is 4.03. The number of nitrogens with zero attached hydrogens (tertiary/aromatic N) is 3. The molecule has 6 nitrogen and oxygen atoms in total. The third-order valence-corrected chi connectivity index (χ3v) is 5.08. The summed E-state index contributed by atoms with van der Waals surface area (Å²) in [4.78, 5) is 19.7. The minimum Gasteiger partial charge on any atom is -0.492 e. The molecule has 1 aliphatic heterocycles. The van der Waals surface area contributed by atoms with E-state index in [0.717, 1.165) is 36.5 Å². The highest BCUT2D eigenvalue weighted by Gasteiger charge is 2.26. The monoisotopic (exact) mass is 379 g/mol. The summed E-state index contributed by atoms with van der Waals surface area (Å²) in [5.74, 6) is 0.726. The molecule has 1 aliphatic rings. The van der Waals surface area contributed by atoms with E-state index >= 15 is 0 Å². The van der Waals surface area contributed by atoms with Crippen LogP contribution in [0.3, 0.4) is 0 Å². The molecule has 4 rings (SSSR count). The summed E-state index contributed by atoms with van der Waals surface area (Å²) in [5.41, 5.74) is 2.12. The molecule has 0 saturated carbocycles. The van der Waals surface area contributed by atoms with E-state index in [9.17, 15) is 4.79 Å². The van der Waals surface area contributed by atoms with Crippen molar-refractivity contribution in [3.8, 4) is 5.75 Å². The van der Waals surface area contributed by atoms with E-state index in [1.165, 1.54) is 0 Å². The minimum atomic E-state index is -0.0756. The summed E-state index contributed by atoms with van der Waals surface area (Å²) in [7, 11) is 0. The second-order valence-electron chi connectivity index (χ2n) is 7.02. The first-order valence-electron chi connectivity index (χ1n) is 9.75. The number of carbonyl (C=O) groups excluding carboxylic acids is 1. The molecule has 0 N–H and O–H groups in total. The average Bonchev–Trinajstić information content (AvgIpc) is 3.36. The van der Waals surface area contributed by atoms with Crippen LogP contribution in [-0.2, 0) is 4.74 Å². The predicted octanol–water partition coefficient (Wildman–Crippen LogP) is 3.34. The molecule has 1 unspecified atom stereocenters. The summed E-state index contributed by atoms with van der Waals surface area (Å²) in [5, 5.41) is 0. The summed E-state index contributed by atoms with van der Waals surface area (Å²) in [6, 6.07) is 15.4. The van der Waals surface area contributed by atoms with E-state index in [1.807, 2.05) is 71.0 Å². The molecule has 3 heterocycles. The maximum atomic E-state index is 13.3. The van der Waals surface area contributed by atoms with Gasteiger partial charge in [-0.15, -0.1) is 0 Å². The molecule has 0 bridgehead atoms. The van der Waals surface area contributed by atoms with Gasteiger partial charge in [-0.25, -0.2) is 4.98 Å². The van der Waals surface area contributed by atoms with Crippen molar-refractivity contribution in [1.82, 2.24) is 14.3 Å². The number of benzene rings is 1. The van der Waals surface area contributed by atoms with E-state index < -0.39 is 0 Å². The van der Waals surface area contributed by atoms with Crippen LogP contribution in [0.2, 0.25) is 0 Å². The van der Waals surface area contributed by atoms with Crippen LogP contribution in [0, 0.1) is 6.92 Å². The standard InChI is InChI=1S/C22H25N3O3/c1-17-21(23-20-11-5-6-12-25(17)20)22(26)24(16-19-10-7-14-27-19)13-15-28-18-8-3-2-4-9-18/h2-6,8-9,11-12,19H,7,10,13-16H2,1H3. The lowest BCUT2D eigenvalue weighted by Crippen LogP contribution is -2.40. The van der Waals surface area contributed by atoms with Gasteiger partial charge in [0.2, 0.25) is 0 Å². The highest BCUT2D eigenvalue weighted by atomic mass is 16.5.